The molecule has 7 heteroatoms. The zero-order valence-electron chi connectivity index (χ0n) is 14.8. The van der Waals surface area contributed by atoms with Gasteiger partial charge in [-0.25, -0.2) is 4.99 Å². The third-order valence-electron chi connectivity index (χ3n) is 3.61. The topological polar surface area (TPSA) is 53.7 Å². The second kappa shape index (κ2) is 9.15. The van der Waals surface area contributed by atoms with E-state index in [9.17, 15) is 0 Å². The maximum atomic E-state index is 5.38. The Morgan fingerprint density at radius 2 is 2.26 bits per heavy atom. The molecule has 0 unspecified atom stereocenters. The van der Waals surface area contributed by atoms with Gasteiger partial charge in [0.15, 0.2) is 11.7 Å². The Labute approximate surface area is 161 Å². The van der Waals surface area contributed by atoms with Crippen LogP contribution in [-0.2, 0) is 6.54 Å². The Bertz CT molecular complexity index is 516. The summed E-state index contributed by atoms with van der Waals surface area (Å²) in [6.07, 6.45) is 0. The number of guanidine groups is 1. The minimum atomic E-state index is 0. The van der Waals surface area contributed by atoms with Crippen LogP contribution in [0.15, 0.2) is 15.6 Å². The predicted octanol–water partition coefficient (Wildman–Crippen LogP) is 3.71. The van der Waals surface area contributed by atoms with Crippen LogP contribution in [0.25, 0.3) is 0 Å². The number of hydrogen-bond donors (Lipinski definition) is 1. The first kappa shape index (κ1) is 20.6. The normalized spacial score (nSPS) is 18.0. The Morgan fingerprint density at radius 3 is 2.83 bits per heavy atom. The molecule has 1 fully saturated rings. The van der Waals surface area contributed by atoms with E-state index in [1.165, 1.54) is 0 Å². The fourth-order valence-electron chi connectivity index (χ4n) is 2.45. The SMILES string of the molecule is CCNC(=NCc1cc(C(C)C)no1)N1CCSC(C)(C)C1.I. The van der Waals surface area contributed by atoms with Crippen LogP contribution in [0.4, 0.5) is 0 Å². The molecule has 2 heterocycles. The lowest BCUT2D eigenvalue weighted by Crippen LogP contribution is -2.50. The van der Waals surface area contributed by atoms with Gasteiger partial charge in [0, 0.05) is 36.2 Å². The van der Waals surface area contributed by atoms with Crippen molar-refractivity contribution in [1.29, 1.82) is 0 Å². The quantitative estimate of drug-likeness (QED) is 0.429. The molecule has 0 saturated carbocycles. The number of nitrogens with zero attached hydrogens (tertiary/aromatic N) is 3. The molecular weight excluding hydrogens is 423 g/mol. The van der Waals surface area contributed by atoms with Crippen LogP contribution in [0.1, 0.15) is 52.0 Å². The van der Waals surface area contributed by atoms with Gasteiger partial charge in [-0.05, 0) is 26.7 Å². The van der Waals surface area contributed by atoms with Crippen molar-refractivity contribution in [2.75, 3.05) is 25.4 Å². The zero-order valence-corrected chi connectivity index (χ0v) is 17.9. The Balaban J connectivity index is 0.00000264. The van der Waals surface area contributed by atoms with E-state index < -0.39 is 0 Å². The van der Waals surface area contributed by atoms with E-state index in [0.29, 0.717) is 12.5 Å². The van der Waals surface area contributed by atoms with Crippen molar-refractivity contribution in [3.63, 3.8) is 0 Å². The lowest BCUT2D eigenvalue weighted by atomic mass is 10.1. The summed E-state index contributed by atoms with van der Waals surface area (Å²) in [5, 5.41) is 7.49. The summed E-state index contributed by atoms with van der Waals surface area (Å²) in [7, 11) is 0. The highest BCUT2D eigenvalue weighted by Gasteiger charge is 2.28. The van der Waals surface area contributed by atoms with E-state index in [4.69, 9.17) is 9.52 Å². The Hall–Kier alpha value is -0.440. The van der Waals surface area contributed by atoms with Crippen LogP contribution in [-0.4, -0.2) is 46.2 Å². The minimum absolute atomic E-state index is 0. The fourth-order valence-corrected chi connectivity index (χ4v) is 3.56. The standard InChI is InChI=1S/C16H28N4OS.HI/c1-6-17-15(20-7-8-22-16(4,5)11-20)18-10-13-9-14(12(2)3)19-21-13;/h9,12H,6-8,10-11H2,1-5H3,(H,17,18);1H. The predicted molar refractivity (Wildman–Crippen MR) is 109 cm³/mol. The van der Waals surface area contributed by atoms with Crippen molar-refractivity contribution in [2.24, 2.45) is 4.99 Å². The van der Waals surface area contributed by atoms with Crippen LogP contribution in [0.2, 0.25) is 0 Å². The second-order valence-electron chi connectivity index (χ2n) is 6.57. The van der Waals surface area contributed by atoms with Crippen LogP contribution in [0.5, 0.6) is 0 Å². The highest BCUT2D eigenvalue weighted by molar-refractivity contribution is 14.0. The zero-order chi connectivity index (χ0) is 16.2. The Morgan fingerprint density at radius 1 is 1.52 bits per heavy atom. The fraction of sp³-hybridized carbons (Fsp3) is 0.750. The average molecular weight is 452 g/mol. The van der Waals surface area contributed by atoms with Gasteiger partial charge in [0.25, 0.3) is 0 Å². The minimum Gasteiger partial charge on any atom is -0.359 e. The van der Waals surface area contributed by atoms with Crippen molar-refractivity contribution in [1.82, 2.24) is 15.4 Å². The van der Waals surface area contributed by atoms with Gasteiger partial charge >= 0.3 is 0 Å². The molecule has 0 amide bonds. The van der Waals surface area contributed by atoms with Crippen LogP contribution >= 0.6 is 35.7 Å². The lowest BCUT2D eigenvalue weighted by molar-refractivity contribution is 0.365. The van der Waals surface area contributed by atoms with Crippen LogP contribution < -0.4 is 5.32 Å². The number of aliphatic imine (C=N–C) groups is 1. The smallest absolute Gasteiger partial charge is 0.194 e. The van der Waals surface area contributed by atoms with Gasteiger partial charge in [0.2, 0.25) is 0 Å². The molecule has 0 aliphatic carbocycles. The molecule has 1 N–H and O–H groups in total. The molecule has 2 rings (SSSR count). The molecule has 1 aromatic heterocycles. The van der Waals surface area contributed by atoms with E-state index in [1.54, 1.807) is 0 Å². The number of aromatic nitrogens is 1. The molecule has 132 valence electrons. The summed E-state index contributed by atoms with van der Waals surface area (Å²) in [5.74, 6) is 3.31. The molecule has 5 nitrogen and oxygen atoms in total. The molecule has 1 aromatic rings. The van der Waals surface area contributed by atoms with E-state index in [2.05, 4.69) is 50.0 Å². The first-order valence-corrected chi connectivity index (χ1v) is 9.02. The van der Waals surface area contributed by atoms with Gasteiger partial charge in [0.05, 0.1) is 5.69 Å². The third kappa shape index (κ3) is 6.17. The summed E-state index contributed by atoms with van der Waals surface area (Å²) in [5.41, 5.74) is 0.991. The van der Waals surface area contributed by atoms with Gasteiger partial charge in [-0.3, -0.25) is 0 Å². The molecule has 0 radical (unpaired) electrons. The second-order valence-corrected chi connectivity index (χ2v) is 8.37. The van der Waals surface area contributed by atoms with E-state index in [-0.39, 0.29) is 28.7 Å². The first-order valence-electron chi connectivity index (χ1n) is 8.04. The molecule has 0 bridgehead atoms. The van der Waals surface area contributed by atoms with Crippen molar-refractivity contribution >= 4 is 41.7 Å². The van der Waals surface area contributed by atoms with Gasteiger partial charge in [-0.15, -0.1) is 24.0 Å². The molecular formula is C16H29IN4OS. The number of halogens is 1. The molecule has 0 atom stereocenters. The molecule has 1 saturated heterocycles. The van der Waals surface area contributed by atoms with Crippen molar-refractivity contribution < 1.29 is 4.52 Å². The Kier molecular flexibility index (Phi) is 8.20. The monoisotopic (exact) mass is 452 g/mol. The largest absolute Gasteiger partial charge is 0.359 e. The number of thioether (sulfide) groups is 1. The third-order valence-corrected chi connectivity index (χ3v) is 4.91. The first-order chi connectivity index (χ1) is 10.4. The summed E-state index contributed by atoms with van der Waals surface area (Å²) in [6, 6.07) is 2.01. The van der Waals surface area contributed by atoms with E-state index in [1.807, 2.05) is 17.8 Å². The number of rotatable bonds is 4. The van der Waals surface area contributed by atoms with Gasteiger partial charge in [0.1, 0.15) is 6.54 Å². The maximum absolute atomic E-state index is 5.38. The van der Waals surface area contributed by atoms with Crippen molar-refractivity contribution in [3.8, 4) is 0 Å². The summed E-state index contributed by atoms with van der Waals surface area (Å²) in [6.45, 7) is 14.4. The summed E-state index contributed by atoms with van der Waals surface area (Å²) < 4.78 is 5.64. The maximum Gasteiger partial charge on any atom is 0.194 e. The highest BCUT2D eigenvalue weighted by atomic mass is 127. The average Bonchev–Trinajstić information content (AvgIpc) is 2.91. The molecule has 0 aromatic carbocycles. The summed E-state index contributed by atoms with van der Waals surface area (Å²) >= 11 is 2.03. The van der Waals surface area contributed by atoms with Crippen molar-refractivity contribution in [2.45, 2.75) is 51.8 Å². The summed E-state index contributed by atoms with van der Waals surface area (Å²) in [4.78, 5) is 7.08. The van der Waals surface area contributed by atoms with Gasteiger partial charge in [-0.2, -0.15) is 11.8 Å². The molecule has 23 heavy (non-hydrogen) atoms. The van der Waals surface area contributed by atoms with E-state index >= 15 is 0 Å². The number of hydrogen-bond acceptors (Lipinski definition) is 4. The highest BCUT2D eigenvalue weighted by Crippen LogP contribution is 2.29. The van der Waals surface area contributed by atoms with Gasteiger partial charge in [-0.1, -0.05) is 19.0 Å². The molecule has 1 aliphatic rings. The molecule has 0 spiro atoms. The van der Waals surface area contributed by atoms with E-state index in [0.717, 1.165) is 42.8 Å². The lowest BCUT2D eigenvalue weighted by Gasteiger charge is -2.39. The molecule has 1 aliphatic heterocycles. The number of nitrogens with one attached hydrogen (secondary N) is 1. The van der Waals surface area contributed by atoms with Crippen LogP contribution in [0.3, 0.4) is 0 Å². The van der Waals surface area contributed by atoms with Gasteiger partial charge < -0.3 is 14.7 Å². The van der Waals surface area contributed by atoms with Crippen molar-refractivity contribution in [3.05, 3.63) is 17.5 Å². The van der Waals surface area contributed by atoms with Crippen LogP contribution in [0, 0.1) is 0 Å².